The Morgan fingerprint density at radius 3 is 2.57 bits per heavy atom. The van der Waals surface area contributed by atoms with Gasteiger partial charge in [-0.3, -0.25) is 9.48 Å². The Kier molecular flexibility index (Phi) is 4.39. The SMILES string of the molecule is Cc1ccc(NC(=O)c2ccc(Cn3cc(Cl)cn3)cc2)nc1. The Labute approximate surface area is 138 Å². The van der Waals surface area contributed by atoms with E-state index in [1.54, 1.807) is 41.5 Å². The number of pyridine rings is 1. The number of amides is 1. The van der Waals surface area contributed by atoms with Crippen LogP contribution in [0.1, 0.15) is 21.5 Å². The number of hydrogen-bond acceptors (Lipinski definition) is 3. The maximum Gasteiger partial charge on any atom is 0.256 e. The molecule has 1 N–H and O–H groups in total. The highest BCUT2D eigenvalue weighted by Gasteiger charge is 2.07. The molecule has 0 aliphatic heterocycles. The highest BCUT2D eigenvalue weighted by atomic mass is 35.5. The number of rotatable bonds is 4. The first-order valence-electron chi connectivity index (χ1n) is 7.11. The smallest absolute Gasteiger partial charge is 0.256 e. The van der Waals surface area contributed by atoms with Crippen molar-refractivity contribution >= 4 is 23.3 Å². The Hall–Kier alpha value is -2.66. The van der Waals surface area contributed by atoms with Gasteiger partial charge in [0, 0.05) is 18.0 Å². The van der Waals surface area contributed by atoms with Gasteiger partial charge in [-0.15, -0.1) is 0 Å². The van der Waals surface area contributed by atoms with Crippen LogP contribution in [-0.4, -0.2) is 20.7 Å². The third-order valence-electron chi connectivity index (χ3n) is 3.32. The maximum atomic E-state index is 12.2. The van der Waals surface area contributed by atoms with Gasteiger partial charge in [0.1, 0.15) is 5.82 Å². The van der Waals surface area contributed by atoms with E-state index in [1.807, 2.05) is 25.1 Å². The van der Waals surface area contributed by atoms with Crippen molar-refractivity contribution in [2.45, 2.75) is 13.5 Å². The molecule has 3 rings (SSSR count). The topological polar surface area (TPSA) is 59.8 Å². The minimum atomic E-state index is -0.185. The van der Waals surface area contributed by atoms with E-state index < -0.39 is 0 Å². The molecule has 0 spiro atoms. The lowest BCUT2D eigenvalue weighted by molar-refractivity contribution is 0.102. The molecule has 23 heavy (non-hydrogen) atoms. The standard InChI is InChI=1S/C17H15ClN4O/c1-12-2-7-16(19-8-12)21-17(23)14-5-3-13(4-6-14)10-22-11-15(18)9-20-22/h2-9,11H,10H2,1H3,(H,19,21,23). The lowest BCUT2D eigenvalue weighted by Gasteiger charge is -2.06. The number of aryl methyl sites for hydroxylation is 1. The molecular weight excluding hydrogens is 312 g/mol. The quantitative estimate of drug-likeness (QED) is 0.797. The van der Waals surface area contributed by atoms with Crippen LogP contribution in [-0.2, 0) is 6.54 Å². The number of benzene rings is 1. The van der Waals surface area contributed by atoms with Crippen LogP contribution >= 0.6 is 11.6 Å². The molecule has 0 aliphatic rings. The largest absolute Gasteiger partial charge is 0.307 e. The number of hydrogen-bond donors (Lipinski definition) is 1. The zero-order chi connectivity index (χ0) is 16.2. The van der Waals surface area contributed by atoms with E-state index in [9.17, 15) is 4.79 Å². The average molecular weight is 327 g/mol. The van der Waals surface area contributed by atoms with E-state index >= 15 is 0 Å². The first-order chi connectivity index (χ1) is 11.1. The molecule has 0 radical (unpaired) electrons. The second-order valence-corrected chi connectivity index (χ2v) is 5.66. The number of anilines is 1. The molecule has 0 saturated carbocycles. The van der Waals surface area contributed by atoms with Gasteiger partial charge in [0.05, 0.1) is 17.8 Å². The second kappa shape index (κ2) is 6.62. The average Bonchev–Trinajstić information content (AvgIpc) is 2.95. The van der Waals surface area contributed by atoms with E-state index in [1.165, 1.54) is 0 Å². The van der Waals surface area contributed by atoms with Crippen LogP contribution in [0.15, 0.2) is 55.0 Å². The number of halogens is 1. The Balaban J connectivity index is 1.66. The molecule has 5 nitrogen and oxygen atoms in total. The van der Waals surface area contributed by atoms with Gasteiger partial charge < -0.3 is 5.32 Å². The molecule has 0 bridgehead atoms. The summed E-state index contributed by atoms with van der Waals surface area (Å²) in [5, 5.41) is 7.50. The van der Waals surface area contributed by atoms with E-state index in [4.69, 9.17) is 11.6 Å². The molecule has 2 aromatic heterocycles. The molecule has 2 heterocycles. The second-order valence-electron chi connectivity index (χ2n) is 5.23. The zero-order valence-corrected chi connectivity index (χ0v) is 13.3. The molecule has 0 saturated heterocycles. The van der Waals surface area contributed by atoms with Crippen molar-refractivity contribution in [2.24, 2.45) is 0 Å². The number of aromatic nitrogens is 3. The summed E-state index contributed by atoms with van der Waals surface area (Å²) >= 11 is 5.84. The van der Waals surface area contributed by atoms with Crippen molar-refractivity contribution in [1.29, 1.82) is 0 Å². The van der Waals surface area contributed by atoms with Crippen LogP contribution in [0.25, 0.3) is 0 Å². The van der Waals surface area contributed by atoms with Crippen LogP contribution in [0.4, 0.5) is 5.82 Å². The van der Waals surface area contributed by atoms with Crippen LogP contribution in [0.3, 0.4) is 0 Å². The lowest BCUT2D eigenvalue weighted by Crippen LogP contribution is -2.13. The van der Waals surface area contributed by atoms with Crippen LogP contribution in [0, 0.1) is 6.92 Å². The molecule has 0 atom stereocenters. The molecule has 1 aromatic carbocycles. The minimum absolute atomic E-state index is 0.185. The van der Waals surface area contributed by atoms with Crippen LogP contribution in [0.5, 0.6) is 0 Å². The maximum absolute atomic E-state index is 12.2. The summed E-state index contributed by atoms with van der Waals surface area (Å²) in [5.74, 6) is 0.353. The van der Waals surface area contributed by atoms with Crippen LogP contribution in [0.2, 0.25) is 5.02 Å². The third kappa shape index (κ3) is 3.96. The molecule has 0 aliphatic carbocycles. The van der Waals surface area contributed by atoms with E-state index in [-0.39, 0.29) is 5.91 Å². The minimum Gasteiger partial charge on any atom is -0.307 e. The summed E-state index contributed by atoms with van der Waals surface area (Å²) in [5.41, 5.74) is 2.66. The monoisotopic (exact) mass is 326 g/mol. The Morgan fingerprint density at radius 1 is 1.17 bits per heavy atom. The summed E-state index contributed by atoms with van der Waals surface area (Å²) in [6, 6.07) is 11.0. The molecule has 116 valence electrons. The van der Waals surface area contributed by atoms with Crippen molar-refractivity contribution < 1.29 is 4.79 Å². The van der Waals surface area contributed by atoms with Gasteiger partial charge in [-0.2, -0.15) is 5.10 Å². The van der Waals surface area contributed by atoms with Crippen molar-refractivity contribution in [3.8, 4) is 0 Å². The predicted molar refractivity (Wildman–Crippen MR) is 89.7 cm³/mol. The summed E-state index contributed by atoms with van der Waals surface area (Å²) in [6.07, 6.45) is 5.07. The van der Waals surface area contributed by atoms with Gasteiger partial charge >= 0.3 is 0 Å². The van der Waals surface area contributed by atoms with Gasteiger partial charge in [-0.05, 0) is 36.2 Å². The molecule has 0 fully saturated rings. The van der Waals surface area contributed by atoms with Gasteiger partial charge in [-0.1, -0.05) is 29.8 Å². The summed E-state index contributed by atoms with van der Waals surface area (Å²) in [6.45, 7) is 2.55. The summed E-state index contributed by atoms with van der Waals surface area (Å²) in [4.78, 5) is 16.3. The molecule has 0 unspecified atom stereocenters. The fourth-order valence-electron chi connectivity index (χ4n) is 2.10. The van der Waals surface area contributed by atoms with Crippen molar-refractivity contribution in [2.75, 3.05) is 5.32 Å². The highest BCUT2D eigenvalue weighted by molar-refractivity contribution is 6.30. The molecule has 6 heteroatoms. The van der Waals surface area contributed by atoms with Gasteiger partial charge in [-0.25, -0.2) is 4.98 Å². The van der Waals surface area contributed by atoms with E-state index in [0.29, 0.717) is 22.9 Å². The number of carbonyl (C=O) groups is 1. The third-order valence-corrected chi connectivity index (χ3v) is 3.51. The normalized spacial score (nSPS) is 10.5. The zero-order valence-electron chi connectivity index (χ0n) is 12.5. The van der Waals surface area contributed by atoms with E-state index in [2.05, 4.69) is 15.4 Å². The first kappa shape index (κ1) is 15.2. The summed E-state index contributed by atoms with van der Waals surface area (Å²) in [7, 11) is 0. The summed E-state index contributed by atoms with van der Waals surface area (Å²) < 4.78 is 1.74. The fourth-order valence-corrected chi connectivity index (χ4v) is 2.26. The van der Waals surface area contributed by atoms with Crippen molar-refractivity contribution in [3.05, 3.63) is 76.7 Å². The highest BCUT2D eigenvalue weighted by Crippen LogP contribution is 2.11. The number of nitrogens with zero attached hydrogens (tertiary/aromatic N) is 3. The lowest BCUT2D eigenvalue weighted by atomic mass is 10.1. The molecule has 1 amide bonds. The van der Waals surface area contributed by atoms with Crippen LogP contribution < -0.4 is 5.32 Å². The fraction of sp³-hybridized carbons (Fsp3) is 0.118. The van der Waals surface area contributed by atoms with Crippen molar-refractivity contribution in [3.63, 3.8) is 0 Å². The van der Waals surface area contributed by atoms with E-state index in [0.717, 1.165) is 11.1 Å². The van der Waals surface area contributed by atoms with Gasteiger partial charge in [0.25, 0.3) is 5.91 Å². The van der Waals surface area contributed by atoms with Gasteiger partial charge in [0.15, 0.2) is 0 Å². The number of carbonyl (C=O) groups excluding carboxylic acids is 1. The molecule has 3 aromatic rings. The number of nitrogens with one attached hydrogen (secondary N) is 1. The van der Waals surface area contributed by atoms with Crippen molar-refractivity contribution in [1.82, 2.24) is 14.8 Å². The first-order valence-corrected chi connectivity index (χ1v) is 7.49. The van der Waals surface area contributed by atoms with Gasteiger partial charge in [0.2, 0.25) is 0 Å². The Morgan fingerprint density at radius 2 is 1.96 bits per heavy atom. The Bertz CT molecular complexity index is 809. The molecular formula is C17H15ClN4O. The predicted octanol–water partition coefficient (Wildman–Crippen LogP) is 3.54.